The number of benzene rings is 2. The van der Waals surface area contributed by atoms with Crippen LogP contribution >= 0.6 is 11.8 Å². The van der Waals surface area contributed by atoms with Crippen molar-refractivity contribution in [3.63, 3.8) is 0 Å². The molecule has 0 radical (unpaired) electrons. The summed E-state index contributed by atoms with van der Waals surface area (Å²) < 4.78 is 1.94. The zero-order valence-corrected chi connectivity index (χ0v) is 15.9. The average molecular weight is 380 g/mol. The van der Waals surface area contributed by atoms with Crippen molar-refractivity contribution in [2.45, 2.75) is 19.0 Å². The van der Waals surface area contributed by atoms with Crippen LogP contribution in [-0.4, -0.2) is 27.1 Å². The molecule has 3 rings (SSSR count). The first kappa shape index (κ1) is 18.7. The van der Waals surface area contributed by atoms with Crippen LogP contribution in [0.15, 0.2) is 66.1 Å². The second-order valence-corrected chi connectivity index (χ2v) is 7.03. The van der Waals surface area contributed by atoms with Gasteiger partial charge in [0.25, 0.3) is 5.91 Å². The molecule has 0 bridgehead atoms. The molecule has 6 nitrogen and oxygen atoms in total. The number of hydrogen-bond donors (Lipinski definition) is 2. The van der Waals surface area contributed by atoms with Crippen LogP contribution in [0.4, 0.5) is 0 Å². The molecule has 7 heteroatoms. The van der Waals surface area contributed by atoms with E-state index in [2.05, 4.69) is 34.0 Å². The standard InChI is InChI=1S/C20H20N4O2S/c1-14-10-15(2)12-17(11-14)24-9-8-21-20(24)27-13-18(25)22-23-19(26)16-6-4-3-5-7-16/h3-12H,13H2,1-2H3,(H,22,25)(H,23,26). The minimum absolute atomic E-state index is 0.136. The summed E-state index contributed by atoms with van der Waals surface area (Å²) in [7, 11) is 0. The minimum atomic E-state index is -0.356. The lowest BCUT2D eigenvalue weighted by Crippen LogP contribution is -2.42. The number of carbonyl (C=O) groups is 2. The Morgan fingerprint density at radius 2 is 1.74 bits per heavy atom. The van der Waals surface area contributed by atoms with Crippen molar-refractivity contribution >= 4 is 23.6 Å². The summed E-state index contributed by atoms with van der Waals surface area (Å²) in [6, 6.07) is 14.9. The van der Waals surface area contributed by atoms with Gasteiger partial charge in [-0.05, 0) is 49.2 Å². The largest absolute Gasteiger partial charge is 0.295 e. The number of nitrogens with zero attached hydrogens (tertiary/aromatic N) is 2. The number of rotatable bonds is 5. The maximum Gasteiger partial charge on any atom is 0.269 e. The molecule has 0 spiro atoms. The van der Waals surface area contributed by atoms with Crippen molar-refractivity contribution in [2.24, 2.45) is 0 Å². The minimum Gasteiger partial charge on any atom is -0.295 e. The molecule has 0 aliphatic carbocycles. The molecule has 0 aliphatic heterocycles. The van der Waals surface area contributed by atoms with Crippen LogP contribution in [0.5, 0.6) is 0 Å². The lowest BCUT2D eigenvalue weighted by atomic mass is 10.1. The third-order valence-electron chi connectivity index (χ3n) is 3.78. The number of imidazole rings is 1. The van der Waals surface area contributed by atoms with Crippen LogP contribution in [0.25, 0.3) is 5.69 Å². The Bertz CT molecular complexity index is 933. The van der Waals surface area contributed by atoms with E-state index in [1.165, 1.54) is 11.8 Å². The lowest BCUT2D eigenvalue weighted by molar-refractivity contribution is -0.119. The van der Waals surface area contributed by atoms with Crippen molar-refractivity contribution < 1.29 is 9.59 Å². The fraction of sp³-hybridized carbons (Fsp3) is 0.150. The summed E-state index contributed by atoms with van der Waals surface area (Å²) in [5.74, 6) is -0.526. The molecule has 0 saturated heterocycles. The van der Waals surface area contributed by atoms with Gasteiger partial charge in [0.2, 0.25) is 5.91 Å². The summed E-state index contributed by atoms with van der Waals surface area (Å²) in [4.78, 5) is 28.3. The number of amides is 2. The molecule has 0 fully saturated rings. The van der Waals surface area contributed by atoms with E-state index < -0.39 is 0 Å². The van der Waals surface area contributed by atoms with Crippen molar-refractivity contribution in [3.05, 3.63) is 77.6 Å². The molecule has 2 aromatic carbocycles. The number of carbonyl (C=O) groups excluding carboxylic acids is 2. The monoisotopic (exact) mass is 380 g/mol. The molecule has 0 atom stereocenters. The van der Waals surface area contributed by atoms with Crippen molar-refractivity contribution in [1.29, 1.82) is 0 Å². The molecule has 1 aromatic heterocycles. The molecule has 3 aromatic rings. The zero-order valence-electron chi connectivity index (χ0n) is 15.1. The lowest BCUT2D eigenvalue weighted by Gasteiger charge is -2.10. The van der Waals surface area contributed by atoms with Crippen LogP contribution in [0.1, 0.15) is 21.5 Å². The third kappa shape index (κ3) is 4.98. The number of nitrogens with one attached hydrogen (secondary N) is 2. The highest BCUT2D eigenvalue weighted by atomic mass is 32.2. The van der Waals surface area contributed by atoms with Crippen LogP contribution in [-0.2, 0) is 4.79 Å². The topological polar surface area (TPSA) is 76.0 Å². The first-order valence-electron chi connectivity index (χ1n) is 8.42. The predicted octanol–water partition coefficient (Wildman–Crippen LogP) is 3.04. The Labute approximate surface area is 162 Å². The highest BCUT2D eigenvalue weighted by Gasteiger charge is 2.11. The van der Waals surface area contributed by atoms with Gasteiger partial charge in [0.1, 0.15) is 0 Å². The molecule has 2 amide bonds. The van der Waals surface area contributed by atoms with Gasteiger partial charge in [-0.3, -0.25) is 25.0 Å². The maximum atomic E-state index is 12.0. The first-order chi connectivity index (χ1) is 13.0. The number of hydrazine groups is 1. The molecule has 0 aliphatic rings. The van der Waals surface area contributed by atoms with Gasteiger partial charge in [-0.25, -0.2) is 4.98 Å². The Morgan fingerprint density at radius 3 is 2.44 bits per heavy atom. The summed E-state index contributed by atoms with van der Waals surface area (Å²) in [6.45, 7) is 4.09. The van der Waals surface area contributed by atoms with Gasteiger partial charge in [-0.1, -0.05) is 36.0 Å². The van der Waals surface area contributed by atoms with E-state index in [-0.39, 0.29) is 17.6 Å². The Kier molecular flexibility index (Phi) is 5.93. The van der Waals surface area contributed by atoms with Gasteiger partial charge in [0.15, 0.2) is 5.16 Å². The SMILES string of the molecule is Cc1cc(C)cc(-n2ccnc2SCC(=O)NNC(=O)c2ccccc2)c1. The van der Waals surface area contributed by atoms with Gasteiger partial charge in [-0.15, -0.1) is 0 Å². The van der Waals surface area contributed by atoms with E-state index in [0.29, 0.717) is 10.7 Å². The summed E-state index contributed by atoms with van der Waals surface area (Å²) in [5.41, 5.74) is 8.65. The van der Waals surface area contributed by atoms with Crippen molar-refractivity contribution in [3.8, 4) is 5.69 Å². The molecule has 0 saturated carbocycles. The molecule has 1 heterocycles. The van der Waals surface area contributed by atoms with E-state index in [1.807, 2.05) is 30.7 Å². The first-order valence-corrected chi connectivity index (χ1v) is 9.40. The second kappa shape index (κ2) is 8.55. The van der Waals surface area contributed by atoms with Crippen LogP contribution in [0.3, 0.4) is 0 Å². The molecular weight excluding hydrogens is 360 g/mol. The normalized spacial score (nSPS) is 10.4. The zero-order chi connectivity index (χ0) is 19.2. The number of aryl methyl sites for hydroxylation is 2. The molecule has 2 N–H and O–H groups in total. The van der Waals surface area contributed by atoms with Gasteiger partial charge < -0.3 is 0 Å². The van der Waals surface area contributed by atoms with Crippen LogP contribution in [0, 0.1) is 13.8 Å². The van der Waals surface area contributed by atoms with Crippen molar-refractivity contribution in [1.82, 2.24) is 20.4 Å². The van der Waals surface area contributed by atoms with E-state index >= 15 is 0 Å². The third-order valence-corrected chi connectivity index (χ3v) is 4.74. The van der Waals surface area contributed by atoms with E-state index in [9.17, 15) is 9.59 Å². The maximum absolute atomic E-state index is 12.0. The number of aromatic nitrogens is 2. The van der Waals surface area contributed by atoms with Gasteiger partial charge in [-0.2, -0.15) is 0 Å². The quantitative estimate of drug-likeness (QED) is 0.527. The van der Waals surface area contributed by atoms with E-state index in [4.69, 9.17) is 0 Å². The summed E-state index contributed by atoms with van der Waals surface area (Å²) in [5, 5.41) is 0.713. The smallest absolute Gasteiger partial charge is 0.269 e. The molecular formula is C20H20N4O2S. The molecule has 27 heavy (non-hydrogen) atoms. The van der Waals surface area contributed by atoms with E-state index in [0.717, 1.165) is 16.8 Å². The fourth-order valence-corrected chi connectivity index (χ4v) is 3.41. The van der Waals surface area contributed by atoms with Crippen LogP contribution in [0.2, 0.25) is 0 Å². The Hall–Kier alpha value is -3.06. The Morgan fingerprint density at radius 1 is 1.04 bits per heavy atom. The van der Waals surface area contributed by atoms with Crippen LogP contribution < -0.4 is 10.9 Å². The van der Waals surface area contributed by atoms with Gasteiger partial charge in [0, 0.05) is 23.6 Å². The highest BCUT2D eigenvalue weighted by molar-refractivity contribution is 7.99. The number of thioether (sulfide) groups is 1. The summed E-state index contributed by atoms with van der Waals surface area (Å²) in [6.07, 6.45) is 3.57. The van der Waals surface area contributed by atoms with Crippen molar-refractivity contribution in [2.75, 3.05) is 5.75 Å². The average Bonchev–Trinajstić information content (AvgIpc) is 3.13. The second-order valence-electron chi connectivity index (χ2n) is 6.08. The molecule has 138 valence electrons. The fourth-order valence-electron chi connectivity index (χ4n) is 2.64. The highest BCUT2D eigenvalue weighted by Crippen LogP contribution is 2.22. The van der Waals surface area contributed by atoms with Gasteiger partial charge >= 0.3 is 0 Å². The molecule has 0 unspecified atom stereocenters. The predicted molar refractivity (Wildman–Crippen MR) is 106 cm³/mol. The summed E-state index contributed by atoms with van der Waals surface area (Å²) >= 11 is 1.30. The Balaban J connectivity index is 1.57. The van der Waals surface area contributed by atoms with Gasteiger partial charge in [0.05, 0.1) is 5.75 Å². The van der Waals surface area contributed by atoms with E-state index in [1.54, 1.807) is 30.5 Å². The number of hydrogen-bond acceptors (Lipinski definition) is 4.